The van der Waals surface area contributed by atoms with Crippen LogP contribution in [0, 0.1) is 12.8 Å². The van der Waals surface area contributed by atoms with Crippen molar-refractivity contribution in [3.63, 3.8) is 0 Å². The molecule has 6 heteroatoms. The Morgan fingerprint density at radius 1 is 1.24 bits per heavy atom. The number of amides is 3. The van der Waals surface area contributed by atoms with Gasteiger partial charge in [0.2, 0.25) is 0 Å². The zero-order chi connectivity index (χ0) is 18.4. The Hall–Kier alpha value is -2.08. The van der Waals surface area contributed by atoms with E-state index in [-0.39, 0.29) is 24.4 Å². The first kappa shape index (κ1) is 19.2. The molecule has 1 aliphatic rings. The lowest BCUT2D eigenvalue weighted by atomic mass is 9.99. The van der Waals surface area contributed by atoms with E-state index in [0.29, 0.717) is 25.6 Å². The summed E-state index contributed by atoms with van der Waals surface area (Å²) in [6.45, 7) is 9.68. The van der Waals surface area contributed by atoms with Crippen LogP contribution in [0.15, 0.2) is 18.2 Å². The number of hydrogen-bond acceptors (Lipinski definition) is 4. The number of ether oxygens (including phenoxy) is 2. The fourth-order valence-electron chi connectivity index (χ4n) is 2.76. The number of hydrogen-bond donors (Lipinski definition) is 1. The molecule has 0 saturated carbocycles. The standard InChI is InChI=1S/C19H28N2O4/c1-5-14(4)17-18(22)21(19(23)20-17)12-15-8-7-13(3)11-16(15)25-10-9-24-6-2/h7-8,11,14,17H,5-6,9-10,12H2,1-4H3,(H,20,23). The Morgan fingerprint density at radius 3 is 2.68 bits per heavy atom. The van der Waals surface area contributed by atoms with E-state index in [1.165, 1.54) is 4.90 Å². The zero-order valence-corrected chi connectivity index (χ0v) is 15.5. The molecule has 0 aromatic heterocycles. The highest BCUT2D eigenvalue weighted by Crippen LogP contribution is 2.25. The van der Waals surface area contributed by atoms with Crippen molar-refractivity contribution in [1.82, 2.24) is 10.2 Å². The number of nitrogens with zero attached hydrogens (tertiary/aromatic N) is 1. The van der Waals surface area contributed by atoms with E-state index in [1.54, 1.807) is 0 Å². The smallest absolute Gasteiger partial charge is 0.325 e. The lowest BCUT2D eigenvalue weighted by molar-refractivity contribution is -0.128. The maximum atomic E-state index is 12.6. The number of nitrogens with one attached hydrogen (secondary N) is 1. The first-order chi connectivity index (χ1) is 12.0. The van der Waals surface area contributed by atoms with Crippen molar-refractivity contribution in [3.8, 4) is 5.75 Å². The monoisotopic (exact) mass is 348 g/mol. The van der Waals surface area contributed by atoms with Gasteiger partial charge in [0.25, 0.3) is 5.91 Å². The van der Waals surface area contributed by atoms with Crippen LogP contribution in [0.4, 0.5) is 4.79 Å². The summed E-state index contributed by atoms with van der Waals surface area (Å²) in [6, 6.07) is 5.00. The third kappa shape index (κ3) is 4.72. The van der Waals surface area contributed by atoms with Crippen LogP contribution in [0.2, 0.25) is 0 Å². The number of imide groups is 1. The molecule has 2 rings (SSSR count). The second-order valence-corrected chi connectivity index (χ2v) is 6.39. The predicted octanol–water partition coefficient (Wildman–Crippen LogP) is 2.88. The Morgan fingerprint density at radius 2 is 2.00 bits per heavy atom. The van der Waals surface area contributed by atoms with Crippen LogP contribution in [0.5, 0.6) is 5.75 Å². The maximum absolute atomic E-state index is 12.6. The molecular weight excluding hydrogens is 320 g/mol. The molecule has 1 saturated heterocycles. The number of carbonyl (C=O) groups is 2. The SMILES string of the molecule is CCOCCOc1cc(C)ccc1CN1C(=O)NC(C(C)CC)C1=O. The summed E-state index contributed by atoms with van der Waals surface area (Å²) >= 11 is 0. The van der Waals surface area contributed by atoms with Gasteiger partial charge in [-0.2, -0.15) is 0 Å². The van der Waals surface area contributed by atoms with Gasteiger partial charge in [-0.05, 0) is 31.4 Å². The van der Waals surface area contributed by atoms with Crippen molar-refractivity contribution in [2.24, 2.45) is 5.92 Å². The summed E-state index contributed by atoms with van der Waals surface area (Å²) in [4.78, 5) is 26.1. The van der Waals surface area contributed by atoms with Crippen molar-refractivity contribution >= 4 is 11.9 Å². The van der Waals surface area contributed by atoms with Crippen molar-refractivity contribution < 1.29 is 19.1 Å². The Labute approximate surface area is 149 Å². The molecule has 0 aliphatic carbocycles. The van der Waals surface area contributed by atoms with Crippen LogP contribution in [-0.2, 0) is 16.1 Å². The fourth-order valence-corrected chi connectivity index (χ4v) is 2.76. The highest BCUT2D eigenvalue weighted by Gasteiger charge is 2.40. The molecule has 25 heavy (non-hydrogen) atoms. The van der Waals surface area contributed by atoms with E-state index >= 15 is 0 Å². The predicted molar refractivity (Wildman–Crippen MR) is 95.5 cm³/mol. The highest BCUT2D eigenvalue weighted by molar-refractivity contribution is 6.04. The Kier molecular flexibility index (Phi) is 6.82. The molecule has 1 aliphatic heterocycles. The Balaban J connectivity index is 2.11. The van der Waals surface area contributed by atoms with Gasteiger partial charge in [0, 0.05) is 12.2 Å². The number of rotatable bonds is 9. The maximum Gasteiger partial charge on any atom is 0.325 e. The van der Waals surface area contributed by atoms with Crippen molar-refractivity contribution in [3.05, 3.63) is 29.3 Å². The van der Waals surface area contributed by atoms with E-state index < -0.39 is 6.04 Å². The third-order valence-corrected chi connectivity index (χ3v) is 4.51. The molecular formula is C19H28N2O4. The number of benzene rings is 1. The van der Waals surface area contributed by atoms with Crippen LogP contribution in [0.3, 0.4) is 0 Å². The topological polar surface area (TPSA) is 67.9 Å². The Bertz CT molecular complexity index is 617. The first-order valence-corrected chi connectivity index (χ1v) is 8.89. The van der Waals surface area contributed by atoms with Gasteiger partial charge in [0.05, 0.1) is 13.2 Å². The summed E-state index contributed by atoms with van der Waals surface area (Å²) in [7, 11) is 0. The van der Waals surface area contributed by atoms with E-state index in [1.807, 2.05) is 45.9 Å². The molecule has 0 radical (unpaired) electrons. The normalized spacial score (nSPS) is 18.4. The van der Waals surface area contributed by atoms with E-state index in [4.69, 9.17) is 9.47 Å². The molecule has 1 aromatic rings. The lowest BCUT2D eigenvalue weighted by Gasteiger charge is -2.18. The summed E-state index contributed by atoms with van der Waals surface area (Å²) in [6.07, 6.45) is 0.834. The third-order valence-electron chi connectivity index (χ3n) is 4.51. The van der Waals surface area contributed by atoms with Gasteiger partial charge in [-0.25, -0.2) is 4.79 Å². The molecule has 138 valence electrons. The van der Waals surface area contributed by atoms with Gasteiger partial charge in [-0.15, -0.1) is 0 Å². The highest BCUT2D eigenvalue weighted by atomic mass is 16.5. The van der Waals surface area contributed by atoms with Crippen molar-refractivity contribution in [2.75, 3.05) is 19.8 Å². The summed E-state index contributed by atoms with van der Waals surface area (Å²) in [5.41, 5.74) is 1.88. The second-order valence-electron chi connectivity index (χ2n) is 6.39. The van der Waals surface area contributed by atoms with Gasteiger partial charge in [0.1, 0.15) is 18.4 Å². The van der Waals surface area contributed by atoms with Gasteiger partial charge in [-0.1, -0.05) is 32.4 Å². The minimum Gasteiger partial charge on any atom is -0.491 e. The molecule has 2 atom stereocenters. The minimum atomic E-state index is -0.440. The molecule has 2 unspecified atom stereocenters. The van der Waals surface area contributed by atoms with Crippen molar-refractivity contribution in [2.45, 2.75) is 46.7 Å². The first-order valence-electron chi connectivity index (χ1n) is 8.89. The van der Waals surface area contributed by atoms with Gasteiger partial charge in [0.15, 0.2) is 0 Å². The van der Waals surface area contributed by atoms with E-state index in [2.05, 4.69) is 5.32 Å². The van der Waals surface area contributed by atoms with Crippen molar-refractivity contribution in [1.29, 1.82) is 0 Å². The van der Waals surface area contributed by atoms with Gasteiger partial charge in [-0.3, -0.25) is 9.69 Å². The number of carbonyl (C=O) groups excluding carboxylic acids is 2. The fraction of sp³-hybridized carbons (Fsp3) is 0.579. The van der Waals surface area contributed by atoms with Crippen LogP contribution in [0.25, 0.3) is 0 Å². The van der Waals surface area contributed by atoms with Gasteiger partial charge < -0.3 is 14.8 Å². The molecule has 1 heterocycles. The molecule has 6 nitrogen and oxygen atoms in total. The molecule has 1 N–H and O–H groups in total. The second kappa shape index (κ2) is 8.85. The molecule has 1 fully saturated rings. The number of aryl methyl sites for hydroxylation is 1. The molecule has 1 aromatic carbocycles. The molecule has 3 amide bonds. The largest absolute Gasteiger partial charge is 0.491 e. The van der Waals surface area contributed by atoms with E-state index in [0.717, 1.165) is 17.5 Å². The summed E-state index contributed by atoms with van der Waals surface area (Å²) in [5, 5.41) is 2.79. The lowest BCUT2D eigenvalue weighted by Crippen LogP contribution is -2.35. The quantitative estimate of drug-likeness (QED) is 0.550. The van der Waals surface area contributed by atoms with Crippen LogP contribution >= 0.6 is 0 Å². The summed E-state index contributed by atoms with van der Waals surface area (Å²) < 4.78 is 11.1. The van der Waals surface area contributed by atoms with Gasteiger partial charge >= 0.3 is 6.03 Å². The zero-order valence-electron chi connectivity index (χ0n) is 15.5. The minimum absolute atomic E-state index is 0.112. The number of urea groups is 1. The summed E-state index contributed by atoms with van der Waals surface area (Å²) in [5.74, 6) is 0.633. The average Bonchev–Trinajstić information content (AvgIpc) is 2.88. The molecule has 0 spiro atoms. The average molecular weight is 348 g/mol. The van der Waals surface area contributed by atoms with Crippen LogP contribution in [-0.4, -0.2) is 42.7 Å². The van der Waals surface area contributed by atoms with E-state index in [9.17, 15) is 9.59 Å². The molecule has 0 bridgehead atoms. The van der Waals surface area contributed by atoms with Crippen LogP contribution in [0.1, 0.15) is 38.3 Å². The van der Waals surface area contributed by atoms with Crippen LogP contribution < -0.4 is 10.1 Å².